The molecule has 0 aromatic heterocycles. The third-order valence-electron chi connectivity index (χ3n) is 5.33. The summed E-state index contributed by atoms with van der Waals surface area (Å²) in [4.78, 5) is 9.44. The fourth-order valence-electron chi connectivity index (χ4n) is 3.08. The highest BCUT2D eigenvalue weighted by Gasteiger charge is 1.63. The molecule has 0 atom stereocenters. The molecule has 0 fully saturated rings. The largest absolute Gasteiger partial charge is 0.300 e. The average Bonchev–Trinajstić information content (AvgIpc) is 3.27. The summed E-state index contributed by atoms with van der Waals surface area (Å²) in [6.45, 7) is 3.06. The van der Waals surface area contributed by atoms with Gasteiger partial charge in [-0.3, -0.25) is 0 Å². The zero-order chi connectivity index (χ0) is 37.5. The minimum Gasteiger partial charge on any atom is -0.300 e. The van der Waals surface area contributed by atoms with Gasteiger partial charge in [0.2, 0.25) is 0 Å². The summed E-state index contributed by atoms with van der Waals surface area (Å²) < 4.78 is 0. The molecule has 0 amide bonds. The number of Topliss-reactive ketones (excluding diaryl/α,β-unsaturated/α-hetero) is 1. The summed E-state index contributed by atoms with van der Waals surface area (Å²) >= 11 is 0. The van der Waals surface area contributed by atoms with Crippen molar-refractivity contribution >= 4 is 5.78 Å². The van der Waals surface area contributed by atoms with Gasteiger partial charge in [-0.25, -0.2) is 0 Å². The fourth-order valence-corrected chi connectivity index (χ4v) is 3.08. The molecule has 8 rings (SSSR count). The SMILES string of the molecule is CC(C)=O.c1ccccc1.c1ccccc1.c1ccccc1.c1ccccc1.c1ccccc1.c1ccccc1.c1ccccc1.c1ccccc1. The third kappa shape index (κ3) is 45.6. The van der Waals surface area contributed by atoms with Gasteiger partial charge in [0.15, 0.2) is 0 Å². The lowest BCUT2D eigenvalue weighted by atomic mass is 10.4. The van der Waals surface area contributed by atoms with Crippen LogP contribution >= 0.6 is 0 Å². The summed E-state index contributed by atoms with van der Waals surface area (Å²) in [5.74, 6) is 0.167. The van der Waals surface area contributed by atoms with Crippen molar-refractivity contribution in [3.8, 4) is 0 Å². The van der Waals surface area contributed by atoms with Gasteiger partial charge in [0.25, 0.3) is 0 Å². The number of benzene rings is 8. The van der Waals surface area contributed by atoms with E-state index in [9.17, 15) is 4.79 Å². The van der Waals surface area contributed by atoms with Crippen LogP contribution in [0.1, 0.15) is 13.8 Å². The molecule has 0 radical (unpaired) electrons. The van der Waals surface area contributed by atoms with E-state index >= 15 is 0 Å². The van der Waals surface area contributed by atoms with E-state index < -0.39 is 0 Å². The first-order valence-electron chi connectivity index (χ1n) is 17.2. The fraction of sp³-hybridized carbons (Fsp3) is 0.0392. The number of carbonyl (C=O) groups excluding carboxylic acids is 1. The van der Waals surface area contributed by atoms with E-state index in [-0.39, 0.29) is 5.78 Å². The predicted molar refractivity (Wildman–Crippen MR) is 228 cm³/mol. The van der Waals surface area contributed by atoms with Gasteiger partial charge in [-0.05, 0) is 13.8 Å². The second-order valence-electron chi connectivity index (χ2n) is 10.1. The summed E-state index contributed by atoms with van der Waals surface area (Å²) in [6, 6.07) is 96.0. The first-order valence-corrected chi connectivity index (χ1v) is 17.2. The summed E-state index contributed by atoms with van der Waals surface area (Å²) in [7, 11) is 0. The standard InChI is InChI=1S/8C6H6.C3H6O/c8*1-2-4-6-5-3-1;1-3(2)4/h8*1-6H;1-2H3. The van der Waals surface area contributed by atoms with Gasteiger partial charge in [0.05, 0.1) is 0 Å². The zero-order valence-corrected chi connectivity index (χ0v) is 30.6. The summed E-state index contributed by atoms with van der Waals surface area (Å²) in [5, 5.41) is 0. The van der Waals surface area contributed by atoms with Crippen LogP contribution in [0.25, 0.3) is 0 Å². The molecular weight excluding hydrogens is 629 g/mol. The molecule has 264 valence electrons. The van der Waals surface area contributed by atoms with Crippen LogP contribution in [-0.4, -0.2) is 5.78 Å². The van der Waals surface area contributed by atoms with E-state index in [1.165, 1.54) is 13.8 Å². The molecule has 0 aliphatic rings. The van der Waals surface area contributed by atoms with Gasteiger partial charge in [0, 0.05) is 0 Å². The lowest BCUT2D eigenvalue weighted by Gasteiger charge is -1.69. The van der Waals surface area contributed by atoms with Gasteiger partial charge in [-0.2, -0.15) is 0 Å². The number of hydrogen-bond donors (Lipinski definition) is 0. The lowest BCUT2D eigenvalue weighted by Crippen LogP contribution is -1.69. The van der Waals surface area contributed by atoms with Gasteiger partial charge in [-0.15, -0.1) is 0 Å². The summed E-state index contributed by atoms with van der Waals surface area (Å²) in [5.41, 5.74) is 0. The molecule has 52 heavy (non-hydrogen) atoms. The first-order chi connectivity index (χ1) is 25.7. The maximum Gasteiger partial charge on any atom is 0.126 e. The molecule has 0 heterocycles. The van der Waals surface area contributed by atoms with Crippen molar-refractivity contribution in [2.24, 2.45) is 0 Å². The maximum atomic E-state index is 9.44. The van der Waals surface area contributed by atoms with Crippen LogP contribution in [0, 0.1) is 0 Å². The van der Waals surface area contributed by atoms with Crippen molar-refractivity contribution in [3.05, 3.63) is 291 Å². The maximum absolute atomic E-state index is 9.44. The second kappa shape index (κ2) is 42.5. The molecular formula is C51H54O. The molecule has 0 N–H and O–H groups in total. The molecule has 8 aromatic carbocycles. The van der Waals surface area contributed by atoms with Crippen molar-refractivity contribution < 1.29 is 4.79 Å². The Hall–Kier alpha value is -6.57. The minimum absolute atomic E-state index is 0.167. The van der Waals surface area contributed by atoms with Crippen LogP contribution in [0.2, 0.25) is 0 Å². The van der Waals surface area contributed by atoms with Crippen molar-refractivity contribution in [2.45, 2.75) is 13.8 Å². The Bertz CT molecular complexity index is 1050. The smallest absolute Gasteiger partial charge is 0.126 e. The van der Waals surface area contributed by atoms with Crippen LogP contribution < -0.4 is 0 Å². The number of rotatable bonds is 0. The zero-order valence-electron chi connectivity index (χ0n) is 30.6. The molecule has 1 heteroatoms. The average molecular weight is 683 g/mol. The molecule has 0 aliphatic heterocycles. The number of hydrogen-bond acceptors (Lipinski definition) is 1. The molecule has 0 saturated heterocycles. The van der Waals surface area contributed by atoms with E-state index in [4.69, 9.17) is 0 Å². The monoisotopic (exact) mass is 682 g/mol. The molecule has 0 unspecified atom stereocenters. The molecule has 0 spiro atoms. The Labute approximate surface area is 314 Å². The molecule has 0 bridgehead atoms. The Balaban J connectivity index is 0.000000564. The van der Waals surface area contributed by atoms with Crippen LogP contribution in [0.4, 0.5) is 0 Å². The highest BCUT2D eigenvalue weighted by atomic mass is 16.1. The predicted octanol–water partition coefficient (Wildman–Crippen LogP) is 14.1. The van der Waals surface area contributed by atoms with E-state index in [1.54, 1.807) is 0 Å². The normalized spacial score (nSPS) is 7.88. The molecule has 8 aromatic rings. The van der Waals surface area contributed by atoms with E-state index in [0.29, 0.717) is 0 Å². The Morgan fingerprint density at radius 2 is 0.173 bits per heavy atom. The van der Waals surface area contributed by atoms with E-state index in [1.807, 2.05) is 291 Å². The van der Waals surface area contributed by atoms with E-state index in [2.05, 4.69) is 0 Å². The molecule has 1 nitrogen and oxygen atoms in total. The lowest BCUT2D eigenvalue weighted by molar-refractivity contribution is -0.115. The van der Waals surface area contributed by atoms with Crippen molar-refractivity contribution in [1.82, 2.24) is 0 Å². The van der Waals surface area contributed by atoms with Crippen LogP contribution in [0.3, 0.4) is 0 Å². The van der Waals surface area contributed by atoms with Gasteiger partial charge >= 0.3 is 0 Å². The number of carbonyl (C=O) groups is 1. The van der Waals surface area contributed by atoms with Crippen molar-refractivity contribution in [2.75, 3.05) is 0 Å². The van der Waals surface area contributed by atoms with Crippen LogP contribution in [0.5, 0.6) is 0 Å². The van der Waals surface area contributed by atoms with Gasteiger partial charge in [-0.1, -0.05) is 291 Å². The first kappa shape index (κ1) is 45.4. The van der Waals surface area contributed by atoms with Gasteiger partial charge < -0.3 is 4.79 Å². The van der Waals surface area contributed by atoms with Gasteiger partial charge in [0.1, 0.15) is 5.78 Å². The van der Waals surface area contributed by atoms with Crippen LogP contribution in [0.15, 0.2) is 291 Å². The highest BCUT2D eigenvalue weighted by Crippen LogP contribution is 1.84. The van der Waals surface area contributed by atoms with Crippen molar-refractivity contribution in [3.63, 3.8) is 0 Å². The molecule has 0 aliphatic carbocycles. The van der Waals surface area contributed by atoms with Crippen LogP contribution in [-0.2, 0) is 4.79 Å². The van der Waals surface area contributed by atoms with Crippen molar-refractivity contribution in [1.29, 1.82) is 0 Å². The Morgan fingerprint density at radius 3 is 0.192 bits per heavy atom. The topological polar surface area (TPSA) is 17.1 Å². The second-order valence-corrected chi connectivity index (χ2v) is 10.1. The van der Waals surface area contributed by atoms with E-state index in [0.717, 1.165) is 0 Å². The highest BCUT2D eigenvalue weighted by molar-refractivity contribution is 5.72. The third-order valence-corrected chi connectivity index (χ3v) is 5.33. The number of ketones is 1. The Kier molecular flexibility index (Phi) is 37.1. The summed E-state index contributed by atoms with van der Waals surface area (Å²) in [6.07, 6.45) is 0. The quantitative estimate of drug-likeness (QED) is 0.156. The minimum atomic E-state index is 0.167. The molecule has 0 saturated carbocycles. The Morgan fingerprint density at radius 1 is 0.154 bits per heavy atom.